The van der Waals surface area contributed by atoms with Gasteiger partial charge in [-0.25, -0.2) is 4.98 Å². The van der Waals surface area contributed by atoms with Crippen molar-refractivity contribution < 1.29 is 9.32 Å². The zero-order chi connectivity index (χ0) is 15.5. The number of H-pyrrole nitrogens is 1. The van der Waals surface area contributed by atoms with Crippen LogP contribution in [0.15, 0.2) is 25.1 Å². The Balaban J connectivity index is 1.47. The minimum Gasteiger partial charge on any atom is -0.373 e. The van der Waals surface area contributed by atoms with Crippen molar-refractivity contribution in [2.24, 2.45) is 0 Å². The zero-order valence-electron chi connectivity index (χ0n) is 12.1. The van der Waals surface area contributed by atoms with Gasteiger partial charge in [0.15, 0.2) is 0 Å². The molecule has 0 unspecified atom stereocenters. The van der Waals surface area contributed by atoms with E-state index in [-0.39, 0.29) is 17.7 Å². The minimum absolute atomic E-state index is 0.0414. The zero-order valence-corrected chi connectivity index (χ0v) is 13.8. The highest BCUT2D eigenvalue weighted by atomic mass is 32.2. The molecule has 0 aliphatic heterocycles. The average molecular weight is 339 g/mol. The number of thiazole rings is 1. The van der Waals surface area contributed by atoms with Gasteiger partial charge in [-0.1, -0.05) is 11.8 Å². The van der Waals surface area contributed by atoms with Gasteiger partial charge >= 0.3 is 0 Å². The lowest BCUT2D eigenvalue weighted by molar-refractivity contribution is 0.0890. The molecule has 1 fully saturated rings. The van der Waals surface area contributed by atoms with E-state index in [0.717, 1.165) is 35.7 Å². The predicted octanol–water partition coefficient (Wildman–Crippen LogP) is 2.57. The van der Waals surface area contributed by atoms with E-state index in [2.05, 4.69) is 20.8 Å². The van der Waals surface area contributed by atoms with Crippen molar-refractivity contribution in [2.45, 2.75) is 48.2 Å². The molecule has 1 aliphatic carbocycles. The third-order valence-electron chi connectivity index (χ3n) is 3.62. The third kappa shape index (κ3) is 3.80. The van der Waals surface area contributed by atoms with E-state index >= 15 is 0 Å². The fourth-order valence-electron chi connectivity index (χ4n) is 2.51. The Morgan fingerprint density at radius 1 is 1.45 bits per heavy atom. The van der Waals surface area contributed by atoms with Crippen molar-refractivity contribution in [3.05, 3.63) is 33.3 Å². The molecule has 0 bridgehead atoms. The Morgan fingerprint density at radius 2 is 2.23 bits per heavy atom. The van der Waals surface area contributed by atoms with Gasteiger partial charge in [-0.15, -0.1) is 11.3 Å². The molecule has 3 rings (SSSR count). The topological polar surface area (TPSA) is 88.0 Å². The van der Waals surface area contributed by atoms with Crippen LogP contribution in [0.4, 0.5) is 0 Å². The fourth-order valence-corrected chi connectivity index (χ4v) is 4.79. The largest absolute Gasteiger partial charge is 0.373 e. The Hall–Kier alpha value is -1.54. The van der Waals surface area contributed by atoms with Gasteiger partial charge in [0.25, 0.3) is 11.5 Å². The van der Waals surface area contributed by atoms with E-state index in [1.807, 2.05) is 18.7 Å². The maximum Gasteiger partial charge on any atom is 0.290 e. The number of thioether (sulfide) groups is 1. The van der Waals surface area contributed by atoms with Crippen LogP contribution in [-0.2, 0) is 0 Å². The Labute approximate surface area is 135 Å². The summed E-state index contributed by atoms with van der Waals surface area (Å²) in [5.74, 6) is -0.287. The van der Waals surface area contributed by atoms with Crippen molar-refractivity contribution in [1.82, 2.24) is 15.5 Å². The number of carbonyl (C=O) groups excluding carboxylic acids is 1. The first-order chi connectivity index (χ1) is 10.6. The number of nitrogens with one attached hydrogen (secondary N) is 2. The minimum atomic E-state index is -0.399. The molecule has 118 valence electrons. The van der Waals surface area contributed by atoms with Crippen molar-refractivity contribution >= 4 is 29.0 Å². The SMILES string of the molecule is Cc1csc(SC2CCC(NC(=O)c3cc(=O)[nH]o3)CC2)n1. The quantitative estimate of drug-likeness (QED) is 0.894. The summed E-state index contributed by atoms with van der Waals surface area (Å²) in [4.78, 5) is 27.4. The van der Waals surface area contributed by atoms with Crippen molar-refractivity contribution in [2.75, 3.05) is 0 Å². The number of nitrogens with zero attached hydrogens (tertiary/aromatic N) is 1. The Kier molecular flexibility index (Phi) is 4.68. The van der Waals surface area contributed by atoms with E-state index in [4.69, 9.17) is 4.52 Å². The standard InChI is InChI=1S/C14H17N3O3S2/c1-8-7-21-14(15-8)22-10-4-2-9(3-5-10)16-13(19)11-6-12(18)17-20-11/h6-7,9-10H,2-5H2,1H3,(H,16,19)(H,17,18). The van der Waals surface area contributed by atoms with Gasteiger partial charge in [0.05, 0.1) is 6.07 Å². The summed E-state index contributed by atoms with van der Waals surface area (Å²) in [6, 6.07) is 1.31. The number of carbonyl (C=O) groups is 1. The lowest BCUT2D eigenvalue weighted by atomic mass is 9.95. The molecule has 0 saturated heterocycles. The van der Waals surface area contributed by atoms with Gasteiger partial charge in [-0.2, -0.15) is 5.16 Å². The van der Waals surface area contributed by atoms with E-state index < -0.39 is 5.56 Å². The molecular formula is C14H17N3O3S2. The lowest BCUT2D eigenvalue weighted by Gasteiger charge is -2.27. The van der Waals surface area contributed by atoms with E-state index in [1.165, 1.54) is 6.07 Å². The Bertz CT molecular complexity index is 698. The second-order valence-electron chi connectivity index (χ2n) is 5.40. The number of hydrogen-bond donors (Lipinski definition) is 2. The normalized spacial score (nSPS) is 21.7. The molecule has 0 atom stereocenters. The highest BCUT2D eigenvalue weighted by Crippen LogP contribution is 2.35. The molecule has 1 aliphatic rings. The lowest BCUT2D eigenvalue weighted by Crippen LogP contribution is -2.38. The molecule has 2 N–H and O–H groups in total. The van der Waals surface area contributed by atoms with Crippen LogP contribution >= 0.6 is 23.1 Å². The number of aromatic nitrogens is 2. The summed E-state index contributed by atoms with van der Waals surface area (Å²) in [7, 11) is 0. The molecule has 1 saturated carbocycles. The van der Waals surface area contributed by atoms with Crippen LogP contribution in [0.2, 0.25) is 0 Å². The average Bonchev–Trinajstić information content (AvgIpc) is 3.10. The van der Waals surface area contributed by atoms with Gasteiger partial charge < -0.3 is 9.84 Å². The number of hydrogen-bond acceptors (Lipinski definition) is 6. The van der Waals surface area contributed by atoms with Crippen LogP contribution in [0, 0.1) is 6.92 Å². The first-order valence-corrected chi connectivity index (χ1v) is 8.94. The van der Waals surface area contributed by atoms with E-state index in [0.29, 0.717) is 5.25 Å². The second kappa shape index (κ2) is 6.70. The first-order valence-electron chi connectivity index (χ1n) is 7.18. The van der Waals surface area contributed by atoms with Crippen LogP contribution in [0.3, 0.4) is 0 Å². The maximum absolute atomic E-state index is 11.9. The number of aryl methyl sites for hydroxylation is 1. The smallest absolute Gasteiger partial charge is 0.290 e. The van der Waals surface area contributed by atoms with Crippen LogP contribution < -0.4 is 10.9 Å². The summed E-state index contributed by atoms with van der Waals surface area (Å²) in [6.07, 6.45) is 3.96. The van der Waals surface area contributed by atoms with Gasteiger partial charge in [0.2, 0.25) is 5.76 Å². The van der Waals surface area contributed by atoms with Gasteiger partial charge in [-0.3, -0.25) is 9.59 Å². The second-order valence-corrected chi connectivity index (χ2v) is 7.80. The maximum atomic E-state index is 11.9. The molecule has 0 aromatic carbocycles. The summed E-state index contributed by atoms with van der Waals surface area (Å²) in [6.45, 7) is 2.01. The van der Waals surface area contributed by atoms with Gasteiger partial charge in [0, 0.05) is 22.4 Å². The number of rotatable bonds is 4. The molecule has 1 amide bonds. The van der Waals surface area contributed by atoms with Crippen molar-refractivity contribution in [3.8, 4) is 0 Å². The molecule has 2 aromatic rings. The summed E-state index contributed by atoms with van der Waals surface area (Å²) in [5, 5.41) is 7.67. The molecule has 8 heteroatoms. The Morgan fingerprint density at radius 3 is 2.82 bits per heavy atom. The molecule has 2 heterocycles. The van der Waals surface area contributed by atoms with Crippen molar-refractivity contribution in [3.63, 3.8) is 0 Å². The number of aromatic amines is 1. The summed E-state index contributed by atoms with van der Waals surface area (Å²) in [5.41, 5.74) is 0.672. The molecule has 22 heavy (non-hydrogen) atoms. The number of amides is 1. The molecule has 0 spiro atoms. The molecular weight excluding hydrogens is 322 g/mol. The predicted molar refractivity (Wildman–Crippen MR) is 85.5 cm³/mol. The molecule has 6 nitrogen and oxygen atoms in total. The monoisotopic (exact) mass is 339 g/mol. The van der Waals surface area contributed by atoms with E-state index in [9.17, 15) is 9.59 Å². The van der Waals surface area contributed by atoms with Crippen molar-refractivity contribution in [1.29, 1.82) is 0 Å². The highest BCUT2D eigenvalue weighted by Gasteiger charge is 2.25. The van der Waals surface area contributed by atoms with Crippen LogP contribution in [0.25, 0.3) is 0 Å². The molecule has 2 aromatic heterocycles. The van der Waals surface area contributed by atoms with Crippen LogP contribution in [0.5, 0.6) is 0 Å². The van der Waals surface area contributed by atoms with Crippen LogP contribution in [0.1, 0.15) is 41.9 Å². The first kappa shape index (κ1) is 15.4. The highest BCUT2D eigenvalue weighted by molar-refractivity contribution is 8.01. The van der Waals surface area contributed by atoms with Gasteiger partial charge in [-0.05, 0) is 32.6 Å². The fraction of sp³-hybridized carbons (Fsp3) is 0.500. The van der Waals surface area contributed by atoms with Crippen LogP contribution in [-0.4, -0.2) is 27.3 Å². The summed E-state index contributed by atoms with van der Waals surface area (Å²) < 4.78 is 5.93. The third-order valence-corrected chi connectivity index (χ3v) is 6.05. The summed E-state index contributed by atoms with van der Waals surface area (Å²) >= 11 is 3.53. The molecule has 0 radical (unpaired) electrons. The van der Waals surface area contributed by atoms with E-state index in [1.54, 1.807) is 11.3 Å². The van der Waals surface area contributed by atoms with Gasteiger partial charge in [0.1, 0.15) is 4.34 Å².